The van der Waals surface area contributed by atoms with E-state index >= 15 is 0 Å². The van der Waals surface area contributed by atoms with Gasteiger partial charge in [0.05, 0.1) is 7.11 Å². The summed E-state index contributed by atoms with van der Waals surface area (Å²) in [6, 6.07) is 20.6. The Bertz CT molecular complexity index is 1280. The Morgan fingerprint density at radius 3 is 2.34 bits per heavy atom. The Morgan fingerprint density at radius 2 is 1.66 bits per heavy atom. The maximum Gasteiger partial charge on any atom is 0.319 e. The van der Waals surface area contributed by atoms with Crippen LogP contribution in [0.4, 0.5) is 20.0 Å². The van der Waals surface area contributed by atoms with Gasteiger partial charge in [-0.05, 0) is 54.1 Å². The number of urea groups is 1. The summed E-state index contributed by atoms with van der Waals surface area (Å²) in [5, 5.41) is 17.0. The monoisotopic (exact) mass is 491 g/mol. The highest BCUT2D eigenvalue weighted by Crippen LogP contribution is 2.26. The molecule has 0 radical (unpaired) electrons. The first-order valence-electron chi connectivity index (χ1n) is 10.7. The van der Waals surface area contributed by atoms with Crippen LogP contribution >= 0.6 is 11.3 Å². The van der Waals surface area contributed by atoms with Gasteiger partial charge in [0.15, 0.2) is 0 Å². The number of amides is 3. The van der Waals surface area contributed by atoms with Gasteiger partial charge in [0.2, 0.25) is 11.0 Å². The number of halogens is 1. The van der Waals surface area contributed by atoms with Crippen molar-refractivity contribution in [1.29, 1.82) is 0 Å². The van der Waals surface area contributed by atoms with Crippen LogP contribution in [0, 0.1) is 5.82 Å². The fraction of sp³-hybridized carbons (Fsp3) is 0.120. The smallest absolute Gasteiger partial charge is 0.319 e. The molecule has 3 N–H and O–H groups in total. The van der Waals surface area contributed by atoms with Gasteiger partial charge in [-0.25, -0.2) is 9.18 Å². The average molecular weight is 492 g/mol. The van der Waals surface area contributed by atoms with Gasteiger partial charge in [0.25, 0.3) is 0 Å². The fourth-order valence-electron chi connectivity index (χ4n) is 3.23. The number of carbonyl (C=O) groups excluding carboxylic acids is 2. The number of aromatic nitrogens is 2. The van der Waals surface area contributed by atoms with E-state index in [-0.39, 0.29) is 17.4 Å². The lowest BCUT2D eigenvalue weighted by Crippen LogP contribution is -2.46. The zero-order valence-electron chi connectivity index (χ0n) is 18.7. The molecule has 0 aliphatic rings. The van der Waals surface area contributed by atoms with E-state index in [1.807, 2.05) is 30.3 Å². The molecule has 0 saturated heterocycles. The van der Waals surface area contributed by atoms with Crippen molar-refractivity contribution in [3.63, 3.8) is 0 Å². The molecule has 8 nitrogen and oxygen atoms in total. The summed E-state index contributed by atoms with van der Waals surface area (Å²) in [6.07, 6.45) is 0.270. The molecule has 0 aliphatic heterocycles. The highest BCUT2D eigenvalue weighted by atomic mass is 32.1. The Hall–Kier alpha value is -4.31. The lowest BCUT2D eigenvalue weighted by molar-refractivity contribution is -0.117. The molecule has 0 bridgehead atoms. The second kappa shape index (κ2) is 11.2. The maximum atomic E-state index is 13.2. The van der Waals surface area contributed by atoms with Gasteiger partial charge in [-0.1, -0.05) is 41.7 Å². The number of methoxy groups -OCH3 is 1. The molecule has 178 valence electrons. The van der Waals surface area contributed by atoms with Crippen molar-refractivity contribution in [3.8, 4) is 16.3 Å². The largest absolute Gasteiger partial charge is 0.497 e. The molecule has 1 unspecified atom stereocenters. The van der Waals surface area contributed by atoms with Gasteiger partial charge >= 0.3 is 6.03 Å². The van der Waals surface area contributed by atoms with Gasteiger partial charge in [-0.3, -0.25) is 10.1 Å². The minimum Gasteiger partial charge on any atom is -0.497 e. The summed E-state index contributed by atoms with van der Waals surface area (Å²) in [7, 11) is 1.56. The number of ether oxygens (including phenoxy) is 1. The van der Waals surface area contributed by atoms with Crippen LogP contribution in [0.2, 0.25) is 0 Å². The second-order valence-corrected chi connectivity index (χ2v) is 8.46. The number of hydrogen-bond donors (Lipinski definition) is 3. The van der Waals surface area contributed by atoms with E-state index in [1.54, 1.807) is 43.5 Å². The molecule has 1 heterocycles. The Labute approximate surface area is 205 Å². The van der Waals surface area contributed by atoms with Gasteiger partial charge < -0.3 is 15.4 Å². The molecule has 0 aliphatic carbocycles. The summed E-state index contributed by atoms with van der Waals surface area (Å²) < 4.78 is 18.3. The first-order chi connectivity index (χ1) is 17.0. The number of hydrogen-bond acceptors (Lipinski definition) is 6. The van der Waals surface area contributed by atoms with E-state index in [1.165, 1.54) is 12.1 Å². The summed E-state index contributed by atoms with van der Waals surface area (Å²) >= 11 is 1.15. The van der Waals surface area contributed by atoms with Crippen LogP contribution < -0.4 is 20.7 Å². The number of carbonyl (C=O) groups is 2. The van der Waals surface area contributed by atoms with Crippen LogP contribution in [0.25, 0.3) is 10.6 Å². The molecule has 4 rings (SSSR count). The number of rotatable bonds is 8. The zero-order valence-corrected chi connectivity index (χ0v) is 19.5. The topological polar surface area (TPSA) is 105 Å². The molecule has 1 aromatic heterocycles. The number of benzene rings is 3. The van der Waals surface area contributed by atoms with Gasteiger partial charge in [0, 0.05) is 17.7 Å². The quantitative estimate of drug-likeness (QED) is 0.331. The summed E-state index contributed by atoms with van der Waals surface area (Å²) in [4.78, 5) is 25.7. The van der Waals surface area contributed by atoms with Crippen LogP contribution in [-0.2, 0) is 11.2 Å². The third kappa shape index (κ3) is 6.61. The van der Waals surface area contributed by atoms with Crippen LogP contribution in [0.3, 0.4) is 0 Å². The SMILES string of the molecule is COc1ccc(NC(=O)NC(Cc2ccccc2)C(=O)Nc2nnc(-c3ccc(F)cc3)s2)cc1. The average Bonchev–Trinajstić information content (AvgIpc) is 3.33. The molecule has 3 amide bonds. The van der Waals surface area contributed by atoms with Crippen molar-refractivity contribution in [2.24, 2.45) is 0 Å². The van der Waals surface area contributed by atoms with Crippen LogP contribution in [0.5, 0.6) is 5.75 Å². The number of nitrogens with one attached hydrogen (secondary N) is 3. The molecular formula is C25H22FN5O3S. The third-order valence-electron chi connectivity index (χ3n) is 5.00. The summed E-state index contributed by atoms with van der Waals surface area (Å²) in [5.74, 6) is -0.135. The van der Waals surface area contributed by atoms with Crippen molar-refractivity contribution in [1.82, 2.24) is 15.5 Å². The first-order valence-corrected chi connectivity index (χ1v) is 11.5. The standard InChI is InChI=1S/C25H22FN5O3S/c1-34-20-13-11-19(12-14-20)27-24(33)28-21(15-16-5-3-2-4-6-16)22(32)29-25-31-30-23(35-25)17-7-9-18(26)10-8-17/h2-14,21H,15H2,1H3,(H2,27,28,33)(H,29,31,32). The lowest BCUT2D eigenvalue weighted by Gasteiger charge is -2.18. The van der Waals surface area contributed by atoms with Crippen molar-refractivity contribution < 1.29 is 18.7 Å². The normalized spacial score (nSPS) is 11.4. The predicted octanol–water partition coefficient (Wildman–Crippen LogP) is 4.72. The Morgan fingerprint density at radius 1 is 0.943 bits per heavy atom. The Kier molecular flexibility index (Phi) is 7.63. The lowest BCUT2D eigenvalue weighted by atomic mass is 10.1. The van der Waals surface area contributed by atoms with E-state index in [0.29, 0.717) is 22.0 Å². The van der Waals surface area contributed by atoms with Crippen molar-refractivity contribution >= 4 is 34.1 Å². The fourth-order valence-corrected chi connectivity index (χ4v) is 3.99. The highest BCUT2D eigenvalue weighted by molar-refractivity contribution is 7.18. The minimum atomic E-state index is -0.881. The maximum absolute atomic E-state index is 13.2. The van der Waals surface area contributed by atoms with Crippen LogP contribution in [-0.4, -0.2) is 35.3 Å². The molecule has 0 spiro atoms. The molecule has 10 heteroatoms. The van der Waals surface area contributed by atoms with Crippen molar-refractivity contribution in [2.45, 2.75) is 12.5 Å². The number of anilines is 2. The van der Waals surface area contributed by atoms with Gasteiger partial charge in [0.1, 0.15) is 22.6 Å². The summed E-state index contributed by atoms with van der Waals surface area (Å²) in [5.41, 5.74) is 2.11. The van der Waals surface area contributed by atoms with Crippen LogP contribution in [0.1, 0.15) is 5.56 Å². The predicted molar refractivity (Wildman–Crippen MR) is 133 cm³/mol. The Balaban J connectivity index is 1.45. The highest BCUT2D eigenvalue weighted by Gasteiger charge is 2.23. The minimum absolute atomic E-state index is 0.268. The molecule has 0 fully saturated rings. The van der Waals surface area contributed by atoms with E-state index in [4.69, 9.17) is 4.74 Å². The molecular weight excluding hydrogens is 469 g/mol. The van der Waals surface area contributed by atoms with E-state index in [2.05, 4.69) is 26.1 Å². The molecule has 0 saturated carbocycles. The first kappa shape index (κ1) is 23.8. The van der Waals surface area contributed by atoms with E-state index in [9.17, 15) is 14.0 Å². The molecule has 1 atom stereocenters. The third-order valence-corrected chi connectivity index (χ3v) is 5.89. The summed E-state index contributed by atoms with van der Waals surface area (Å²) in [6.45, 7) is 0. The van der Waals surface area contributed by atoms with E-state index < -0.39 is 18.0 Å². The zero-order chi connectivity index (χ0) is 24.6. The molecule has 35 heavy (non-hydrogen) atoms. The second-order valence-electron chi connectivity index (χ2n) is 7.48. The van der Waals surface area contributed by atoms with Crippen LogP contribution in [0.15, 0.2) is 78.9 Å². The molecule has 3 aromatic carbocycles. The number of nitrogens with zero attached hydrogens (tertiary/aromatic N) is 2. The van der Waals surface area contributed by atoms with Crippen molar-refractivity contribution in [3.05, 3.63) is 90.2 Å². The van der Waals surface area contributed by atoms with Gasteiger partial charge in [-0.2, -0.15) is 0 Å². The van der Waals surface area contributed by atoms with Gasteiger partial charge in [-0.15, -0.1) is 10.2 Å². The molecule has 4 aromatic rings. The van der Waals surface area contributed by atoms with Crippen molar-refractivity contribution in [2.75, 3.05) is 17.7 Å². The van der Waals surface area contributed by atoms with E-state index in [0.717, 1.165) is 16.9 Å².